The molecule has 1 aromatic heterocycles. The normalized spacial score (nSPS) is 11.8. The third-order valence-electron chi connectivity index (χ3n) is 9.16. The third-order valence-corrected chi connectivity index (χ3v) is 9.16. The summed E-state index contributed by atoms with van der Waals surface area (Å²) in [5, 5.41) is 151. The van der Waals surface area contributed by atoms with Gasteiger partial charge in [0, 0.05) is 54.4 Å². The van der Waals surface area contributed by atoms with Crippen LogP contribution in [0.1, 0.15) is 0 Å². The molecule has 0 bridgehead atoms. The molecular formula is C36H22O15. The summed E-state index contributed by atoms with van der Waals surface area (Å²) in [5.41, 5.74) is -1.23. The van der Waals surface area contributed by atoms with E-state index >= 15 is 0 Å². The highest BCUT2D eigenvalue weighted by atomic mass is 16.4. The van der Waals surface area contributed by atoms with Crippen LogP contribution in [0.2, 0.25) is 0 Å². The van der Waals surface area contributed by atoms with E-state index in [4.69, 9.17) is 4.42 Å². The third kappa shape index (κ3) is 3.70. The molecule has 0 unspecified atom stereocenters. The Kier molecular flexibility index (Phi) is 5.96. The number of phenols is 14. The van der Waals surface area contributed by atoms with Crippen LogP contribution in [0.3, 0.4) is 0 Å². The van der Waals surface area contributed by atoms with Crippen LogP contribution in [-0.2, 0) is 0 Å². The van der Waals surface area contributed by atoms with Crippen LogP contribution in [-0.4, -0.2) is 71.5 Å². The number of aromatic hydroxyl groups is 14. The summed E-state index contributed by atoms with van der Waals surface area (Å²) in [7, 11) is 0. The van der Waals surface area contributed by atoms with E-state index in [0.717, 1.165) is 0 Å². The fraction of sp³-hybridized carbons (Fsp3) is 0. The highest BCUT2D eigenvalue weighted by molar-refractivity contribution is 6.31. The lowest BCUT2D eigenvalue weighted by atomic mass is 9.82. The Morgan fingerprint density at radius 1 is 0.314 bits per heavy atom. The van der Waals surface area contributed by atoms with Crippen molar-refractivity contribution in [3.05, 3.63) is 48.5 Å². The van der Waals surface area contributed by atoms with Crippen LogP contribution in [0.5, 0.6) is 80.5 Å². The number of para-hydroxylation sites is 1. The van der Waals surface area contributed by atoms with Gasteiger partial charge in [-0.3, -0.25) is 0 Å². The van der Waals surface area contributed by atoms with Gasteiger partial charge in [-0.25, -0.2) is 0 Å². The van der Waals surface area contributed by atoms with E-state index in [0.29, 0.717) is 22.4 Å². The van der Waals surface area contributed by atoms with Gasteiger partial charge >= 0.3 is 0 Å². The Morgan fingerprint density at radius 3 is 1.33 bits per heavy atom. The minimum Gasteiger partial charge on any atom is -0.504 e. The summed E-state index contributed by atoms with van der Waals surface area (Å²) in [6.45, 7) is 0. The molecule has 0 radical (unpaired) electrons. The molecule has 8 aromatic rings. The molecule has 0 saturated heterocycles. The van der Waals surface area contributed by atoms with E-state index in [-0.39, 0.29) is 16.7 Å². The first-order valence-corrected chi connectivity index (χ1v) is 14.7. The predicted octanol–water partition coefficient (Wildman–Crippen LogP) is 6.26. The maximum Gasteiger partial charge on any atom is 0.204 e. The van der Waals surface area contributed by atoms with Crippen LogP contribution >= 0.6 is 0 Å². The molecule has 0 fully saturated rings. The molecule has 15 heteroatoms. The highest BCUT2D eigenvalue weighted by Crippen LogP contribution is 2.65. The smallest absolute Gasteiger partial charge is 0.204 e. The van der Waals surface area contributed by atoms with Crippen molar-refractivity contribution >= 4 is 54.3 Å². The lowest BCUT2D eigenvalue weighted by molar-refractivity contribution is 0.350. The number of furan rings is 1. The average molecular weight is 695 g/mol. The van der Waals surface area contributed by atoms with Gasteiger partial charge in [-0.15, -0.1) is 0 Å². The second-order valence-electron chi connectivity index (χ2n) is 11.8. The van der Waals surface area contributed by atoms with Crippen LogP contribution in [0.25, 0.3) is 76.5 Å². The standard InChI is InChI=1S/C36H22O15/c37-13-8-12-17(25(39)32(46)27(41)18(12)26(40)24(13)38)19-22-20(28(42)33(47)35(49)30(22)44)16(21-23(19)31(45)36(50)34(48)29(21)43)9-5-6-11-10-3-1-2-4-14(10)51-15(11)7-9/h1-8,37-50H. The fourth-order valence-corrected chi connectivity index (χ4v) is 6.85. The zero-order chi connectivity index (χ0) is 36.5. The summed E-state index contributed by atoms with van der Waals surface area (Å²) in [6, 6.07) is 12.1. The first kappa shape index (κ1) is 30.6. The van der Waals surface area contributed by atoms with E-state index in [1.807, 2.05) is 0 Å². The number of rotatable bonds is 2. The van der Waals surface area contributed by atoms with E-state index in [2.05, 4.69) is 0 Å². The molecule has 51 heavy (non-hydrogen) atoms. The highest BCUT2D eigenvalue weighted by Gasteiger charge is 2.35. The van der Waals surface area contributed by atoms with Crippen molar-refractivity contribution in [2.75, 3.05) is 0 Å². The minimum absolute atomic E-state index is 0.0190. The van der Waals surface area contributed by atoms with Crippen molar-refractivity contribution in [3.8, 4) is 103 Å². The van der Waals surface area contributed by atoms with Crippen molar-refractivity contribution < 1.29 is 75.9 Å². The molecule has 7 aromatic carbocycles. The topological polar surface area (TPSA) is 296 Å². The number of hydrogen-bond acceptors (Lipinski definition) is 15. The monoisotopic (exact) mass is 694 g/mol. The number of hydrogen-bond donors (Lipinski definition) is 14. The Balaban J connectivity index is 1.72. The molecule has 0 spiro atoms. The molecule has 0 atom stereocenters. The van der Waals surface area contributed by atoms with Crippen molar-refractivity contribution in [2.45, 2.75) is 0 Å². The molecule has 0 aliphatic carbocycles. The van der Waals surface area contributed by atoms with E-state index in [1.54, 1.807) is 30.3 Å². The van der Waals surface area contributed by atoms with E-state index in [1.165, 1.54) is 12.1 Å². The molecule has 15 nitrogen and oxygen atoms in total. The van der Waals surface area contributed by atoms with Gasteiger partial charge in [0.2, 0.25) is 34.5 Å². The zero-order valence-corrected chi connectivity index (χ0v) is 25.3. The number of fused-ring (bicyclic) bond motifs is 6. The maximum atomic E-state index is 11.5. The first-order chi connectivity index (χ1) is 24.2. The minimum atomic E-state index is -1.36. The van der Waals surface area contributed by atoms with Gasteiger partial charge in [0.1, 0.15) is 11.2 Å². The van der Waals surface area contributed by atoms with Gasteiger partial charge < -0.3 is 75.9 Å². The Bertz CT molecular complexity index is 2820. The van der Waals surface area contributed by atoms with Crippen molar-refractivity contribution in [1.29, 1.82) is 0 Å². The van der Waals surface area contributed by atoms with E-state index in [9.17, 15) is 71.5 Å². The zero-order valence-electron chi connectivity index (χ0n) is 25.3. The molecule has 14 N–H and O–H groups in total. The van der Waals surface area contributed by atoms with Gasteiger partial charge in [0.05, 0.1) is 5.39 Å². The largest absolute Gasteiger partial charge is 0.504 e. The van der Waals surface area contributed by atoms with Crippen molar-refractivity contribution in [3.63, 3.8) is 0 Å². The summed E-state index contributed by atoms with van der Waals surface area (Å²) in [6.07, 6.45) is 0. The SMILES string of the molecule is Oc1cc2c(-c3c4c(O)c(O)c(O)c(O)c4c(-c4ccc5c(c4)oc4ccccc45)c4c(O)c(O)c(O)c(O)c34)c(O)c(O)c(O)c2c(O)c1O. The lowest BCUT2D eigenvalue weighted by Crippen LogP contribution is -1.96. The summed E-state index contributed by atoms with van der Waals surface area (Å²) < 4.78 is 5.99. The Labute approximate surface area is 281 Å². The second-order valence-corrected chi connectivity index (χ2v) is 11.8. The van der Waals surface area contributed by atoms with Gasteiger partial charge in [-0.2, -0.15) is 0 Å². The Morgan fingerprint density at radius 2 is 0.765 bits per heavy atom. The van der Waals surface area contributed by atoms with Crippen molar-refractivity contribution in [2.24, 2.45) is 0 Å². The first-order valence-electron chi connectivity index (χ1n) is 14.7. The molecule has 0 aliphatic rings. The molecule has 0 saturated carbocycles. The molecule has 256 valence electrons. The quantitative estimate of drug-likeness (QED) is 0.0540. The summed E-state index contributed by atoms with van der Waals surface area (Å²) in [5.74, 6) is -17.4. The number of phenolic OH excluding ortho intramolecular Hbond substituents is 14. The predicted molar refractivity (Wildman–Crippen MR) is 180 cm³/mol. The van der Waals surface area contributed by atoms with Crippen LogP contribution in [0.15, 0.2) is 52.9 Å². The van der Waals surface area contributed by atoms with Gasteiger partial charge in [0.15, 0.2) is 46.0 Å². The van der Waals surface area contributed by atoms with Gasteiger partial charge in [-0.05, 0) is 29.8 Å². The second kappa shape index (κ2) is 9.93. The lowest BCUT2D eigenvalue weighted by Gasteiger charge is -2.24. The fourth-order valence-electron chi connectivity index (χ4n) is 6.85. The Hall–Kier alpha value is -7.68. The molecule has 0 amide bonds. The molecule has 0 aliphatic heterocycles. The van der Waals surface area contributed by atoms with Crippen molar-refractivity contribution in [1.82, 2.24) is 0 Å². The average Bonchev–Trinajstić information content (AvgIpc) is 3.49. The summed E-state index contributed by atoms with van der Waals surface area (Å²) >= 11 is 0. The van der Waals surface area contributed by atoms with Gasteiger partial charge in [-0.1, -0.05) is 24.3 Å². The van der Waals surface area contributed by atoms with Gasteiger partial charge in [0.25, 0.3) is 0 Å². The van der Waals surface area contributed by atoms with Crippen LogP contribution in [0, 0.1) is 0 Å². The number of benzene rings is 7. The summed E-state index contributed by atoms with van der Waals surface area (Å²) in [4.78, 5) is 0. The van der Waals surface area contributed by atoms with Crippen LogP contribution < -0.4 is 0 Å². The molecule has 8 rings (SSSR count). The van der Waals surface area contributed by atoms with E-state index < -0.39 is 124 Å². The van der Waals surface area contributed by atoms with Crippen LogP contribution in [0.4, 0.5) is 0 Å². The molecular weight excluding hydrogens is 672 g/mol. The maximum absolute atomic E-state index is 11.5. The molecule has 1 heterocycles.